The number of hydrogen-bond acceptors (Lipinski definition) is 10. The monoisotopic (exact) mass is 786 g/mol. The Bertz CT molecular complexity index is 1690. The summed E-state index contributed by atoms with van der Waals surface area (Å²) in [6.45, 7) is 5.92. The zero-order valence-electron chi connectivity index (χ0n) is 32.0. The van der Waals surface area contributed by atoms with Crippen molar-refractivity contribution in [3.63, 3.8) is 0 Å². The lowest BCUT2D eigenvalue weighted by Gasteiger charge is -2.34. The number of methoxy groups -OCH3 is 2. The second kappa shape index (κ2) is 17.0. The van der Waals surface area contributed by atoms with Gasteiger partial charge in [0.15, 0.2) is 23.0 Å². The van der Waals surface area contributed by atoms with Crippen LogP contribution in [0.5, 0.6) is 23.0 Å². The van der Waals surface area contributed by atoms with Gasteiger partial charge < -0.3 is 38.5 Å². The van der Waals surface area contributed by atoms with E-state index in [0.29, 0.717) is 47.6 Å². The molecule has 0 aromatic heterocycles. The molecule has 0 spiro atoms. The van der Waals surface area contributed by atoms with Crippen LogP contribution in [0.4, 0.5) is 28.9 Å². The summed E-state index contributed by atoms with van der Waals surface area (Å²) >= 11 is 0. The van der Waals surface area contributed by atoms with Crippen LogP contribution in [-0.4, -0.2) is 148 Å². The first-order chi connectivity index (χ1) is 26.9. The summed E-state index contributed by atoms with van der Waals surface area (Å²) in [7, 11) is 2.97. The molecule has 2 aromatic rings. The lowest BCUT2D eigenvalue weighted by Crippen LogP contribution is -2.46. The van der Waals surface area contributed by atoms with Crippen molar-refractivity contribution in [3.8, 4) is 23.0 Å². The fourth-order valence-corrected chi connectivity index (χ4v) is 8.08. The lowest BCUT2D eigenvalue weighted by atomic mass is 10.1. The highest BCUT2D eigenvalue weighted by Gasteiger charge is 2.49. The molecule has 2 aromatic carbocycles. The number of carbonyl (C=O) groups excluding carboxylic acids is 2. The van der Waals surface area contributed by atoms with Gasteiger partial charge in [0, 0.05) is 63.6 Å². The Morgan fingerprint density at radius 3 is 1.41 bits per heavy atom. The van der Waals surface area contributed by atoms with E-state index in [4.69, 9.17) is 18.9 Å². The van der Waals surface area contributed by atoms with Crippen LogP contribution in [0.2, 0.25) is 0 Å². The number of rotatable bonds is 16. The van der Waals surface area contributed by atoms with E-state index in [9.17, 15) is 27.2 Å². The normalized spacial score (nSPS) is 22.6. The van der Waals surface area contributed by atoms with E-state index >= 15 is 0 Å². The molecule has 16 heteroatoms. The Balaban J connectivity index is 0.760. The number of piperazine rings is 1. The maximum atomic E-state index is 14.0. The van der Waals surface area contributed by atoms with Gasteiger partial charge in [0.05, 0.1) is 75.1 Å². The number of fused-ring (bicyclic) bond motifs is 4. The maximum Gasteiger partial charge on any atom is 0.267 e. The Morgan fingerprint density at radius 2 is 1.02 bits per heavy atom. The van der Waals surface area contributed by atoms with Crippen molar-refractivity contribution in [1.29, 1.82) is 0 Å². The number of unbranched alkanes of at least 4 members (excludes halogenated alkanes) is 4. The van der Waals surface area contributed by atoms with E-state index < -0.39 is 61.7 Å². The second-order valence-corrected chi connectivity index (χ2v) is 15.2. The molecule has 5 aliphatic rings. The molecule has 2 atom stereocenters. The van der Waals surface area contributed by atoms with Crippen LogP contribution < -0.4 is 18.9 Å². The van der Waals surface area contributed by atoms with Crippen molar-refractivity contribution < 1.29 is 46.1 Å². The molecule has 0 unspecified atom stereocenters. The average molecular weight is 787 g/mol. The van der Waals surface area contributed by atoms with Crippen LogP contribution in [0.25, 0.3) is 0 Å². The van der Waals surface area contributed by atoms with Crippen molar-refractivity contribution >= 4 is 35.6 Å². The molecule has 7 rings (SSSR count). The van der Waals surface area contributed by atoms with Gasteiger partial charge >= 0.3 is 0 Å². The average Bonchev–Trinajstić information content (AvgIpc) is 3.60. The standard InChI is InChI=1S/C40H50F4N6O6/c1-53-33-17-29-31(45-23-27-21-39(41,42)25-49(27)37(29)51)19-35(33)55-15-7-3-5-9-47-11-13-48(14-12-47)10-6-4-8-16-56-36-20-32-30(18-34(36)54-2)38(52)50-26-40(43,44)22-28(50)24-46-32/h17-20,23-24,27-28H,3-16,21-22,25-26H2,1-2H3/t27-,28-/m0/s1. The molecule has 0 aliphatic carbocycles. The van der Waals surface area contributed by atoms with Gasteiger partial charge in [-0.1, -0.05) is 0 Å². The topological polar surface area (TPSA) is 109 Å². The van der Waals surface area contributed by atoms with E-state index in [1.165, 1.54) is 48.6 Å². The molecule has 2 amide bonds. The van der Waals surface area contributed by atoms with Crippen LogP contribution in [-0.2, 0) is 0 Å². The molecular formula is C40H50F4N6O6. The smallest absolute Gasteiger partial charge is 0.267 e. The Morgan fingerprint density at radius 1 is 0.607 bits per heavy atom. The van der Waals surface area contributed by atoms with Crippen molar-refractivity contribution in [2.24, 2.45) is 9.98 Å². The summed E-state index contributed by atoms with van der Waals surface area (Å²) < 4.78 is 78.8. The summed E-state index contributed by atoms with van der Waals surface area (Å²) in [5.74, 6) is -5.10. The molecule has 0 radical (unpaired) electrons. The van der Waals surface area contributed by atoms with Gasteiger partial charge in [-0.25, -0.2) is 17.6 Å². The zero-order chi connectivity index (χ0) is 39.5. The van der Waals surface area contributed by atoms with E-state index in [2.05, 4.69) is 19.8 Å². The van der Waals surface area contributed by atoms with Gasteiger partial charge in [0.25, 0.3) is 23.7 Å². The fourth-order valence-electron chi connectivity index (χ4n) is 8.08. The molecule has 5 aliphatic heterocycles. The third-order valence-corrected chi connectivity index (χ3v) is 11.2. The lowest BCUT2D eigenvalue weighted by molar-refractivity contribution is 0.0116. The van der Waals surface area contributed by atoms with Gasteiger partial charge in [-0.2, -0.15) is 0 Å². The number of ether oxygens (including phenoxy) is 4. The molecule has 3 fully saturated rings. The van der Waals surface area contributed by atoms with Crippen LogP contribution in [0.3, 0.4) is 0 Å². The molecule has 56 heavy (non-hydrogen) atoms. The number of hydrogen-bond donors (Lipinski definition) is 0. The highest BCUT2D eigenvalue weighted by atomic mass is 19.3. The number of carbonyl (C=O) groups is 2. The van der Waals surface area contributed by atoms with Crippen molar-refractivity contribution in [1.82, 2.24) is 19.6 Å². The SMILES string of the molecule is COc1cc2c(cc1OCCCCCN1CCN(CCCCCOc3cc4c(cc3OC)C(=O)N3CC(F)(F)C[C@H]3C=N4)CC1)N=C[C@@H]1CC(F)(F)CN1C2=O. The number of amides is 2. The molecule has 0 bridgehead atoms. The van der Waals surface area contributed by atoms with Crippen LogP contribution >= 0.6 is 0 Å². The van der Waals surface area contributed by atoms with Gasteiger partial charge in [-0.05, 0) is 63.7 Å². The highest BCUT2D eigenvalue weighted by Crippen LogP contribution is 2.42. The number of halogens is 4. The third-order valence-electron chi connectivity index (χ3n) is 11.2. The predicted molar refractivity (Wildman–Crippen MR) is 203 cm³/mol. The Hall–Kier alpha value is -4.44. The summed E-state index contributed by atoms with van der Waals surface area (Å²) in [5.41, 5.74) is 1.26. The van der Waals surface area contributed by atoms with Gasteiger partial charge in [-0.15, -0.1) is 0 Å². The largest absolute Gasteiger partial charge is 0.493 e. The Kier molecular flexibility index (Phi) is 12.1. The molecule has 5 heterocycles. The summed E-state index contributed by atoms with van der Waals surface area (Å²) in [6.07, 6.45) is 7.82. The third kappa shape index (κ3) is 9.06. The van der Waals surface area contributed by atoms with E-state index in [-0.39, 0.29) is 11.1 Å². The Labute approximate surface area is 324 Å². The summed E-state index contributed by atoms with van der Waals surface area (Å²) in [5, 5.41) is 0. The minimum absolute atomic E-state index is 0.232. The van der Waals surface area contributed by atoms with Gasteiger partial charge in [0.1, 0.15) is 0 Å². The molecule has 3 saturated heterocycles. The molecule has 0 N–H and O–H groups in total. The second-order valence-electron chi connectivity index (χ2n) is 15.2. The maximum absolute atomic E-state index is 14.0. The minimum Gasteiger partial charge on any atom is -0.493 e. The molecule has 0 saturated carbocycles. The van der Waals surface area contributed by atoms with Gasteiger partial charge in [-0.3, -0.25) is 19.6 Å². The van der Waals surface area contributed by atoms with Crippen molar-refractivity contribution in [2.45, 2.75) is 75.3 Å². The van der Waals surface area contributed by atoms with Crippen LogP contribution in [0.15, 0.2) is 34.3 Å². The summed E-state index contributed by atoms with van der Waals surface area (Å²) in [4.78, 5) is 42.2. The van der Waals surface area contributed by atoms with Crippen molar-refractivity contribution in [3.05, 3.63) is 35.4 Å². The first-order valence-electron chi connectivity index (χ1n) is 19.5. The number of alkyl halides is 4. The van der Waals surface area contributed by atoms with E-state index in [0.717, 1.165) is 77.8 Å². The first kappa shape index (κ1) is 39.8. The molecular weight excluding hydrogens is 736 g/mol. The fraction of sp³-hybridized carbons (Fsp3) is 0.600. The minimum atomic E-state index is -2.92. The highest BCUT2D eigenvalue weighted by molar-refractivity contribution is 6.04. The van der Waals surface area contributed by atoms with Crippen molar-refractivity contribution in [2.75, 3.05) is 79.8 Å². The predicted octanol–water partition coefficient (Wildman–Crippen LogP) is 6.25. The van der Waals surface area contributed by atoms with E-state index in [1.807, 2.05) is 0 Å². The number of benzene rings is 2. The zero-order valence-corrected chi connectivity index (χ0v) is 32.0. The number of nitrogens with zero attached hydrogens (tertiary/aromatic N) is 6. The first-order valence-corrected chi connectivity index (χ1v) is 19.5. The summed E-state index contributed by atoms with van der Waals surface area (Å²) in [6, 6.07) is 4.92. The van der Waals surface area contributed by atoms with Gasteiger partial charge in [0.2, 0.25) is 0 Å². The van der Waals surface area contributed by atoms with E-state index in [1.54, 1.807) is 12.1 Å². The quantitative estimate of drug-likeness (QED) is 0.145. The molecule has 12 nitrogen and oxygen atoms in total. The van der Waals surface area contributed by atoms with Crippen LogP contribution in [0, 0.1) is 0 Å². The number of aliphatic imine (C=N–C) groups is 2. The van der Waals surface area contributed by atoms with Crippen LogP contribution in [0.1, 0.15) is 72.1 Å². The molecule has 304 valence electrons.